The smallest absolute Gasteiger partial charge is 0.228 e. The van der Waals surface area contributed by atoms with E-state index in [9.17, 15) is 4.79 Å². The molecule has 5 heteroatoms. The van der Waals surface area contributed by atoms with E-state index in [0.29, 0.717) is 23.6 Å². The molecule has 0 bridgehead atoms. The Balaban J connectivity index is 2.36. The zero-order chi connectivity index (χ0) is 12.3. The minimum absolute atomic E-state index is 0.103. The molecule has 2 heterocycles. The molecule has 0 aromatic carbocycles. The van der Waals surface area contributed by atoms with Crippen molar-refractivity contribution < 1.29 is 4.79 Å². The predicted molar refractivity (Wildman–Crippen MR) is 63.5 cm³/mol. The van der Waals surface area contributed by atoms with E-state index in [1.165, 1.54) is 0 Å². The van der Waals surface area contributed by atoms with Crippen LogP contribution in [0.3, 0.4) is 0 Å². The first-order valence-corrected chi connectivity index (χ1v) is 5.47. The average Bonchev–Trinajstić information content (AvgIpc) is 2.86. The van der Waals surface area contributed by atoms with Crippen molar-refractivity contribution in [2.75, 3.05) is 0 Å². The molecule has 2 aromatic rings. The van der Waals surface area contributed by atoms with E-state index in [4.69, 9.17) is 5.73 Å². The van der Waals surface area contributed by atoms with Gasteiger partial charge in [-0.3, -0.25) is 9.78 Å². The van der Waals surface area contributed by atoms with Crippen molar-refractivity contribution in [3.8, 4) is 0 Å². The third kappa shape index (κ3) is 2.24. The molecule has 0 amide bonds. The van der Waals surface area contributed by atoms with Crippen molar-refractivity contribution in [3.63, 3.8) is 0 Å². The second kappa shape index (κ2) is 4.88. The summed E-state index contributed by atoms with van der Waals surface area (Å²) in [4.78, 5) is 20.3. The van der Waals surface area contributed by atoms with Crippen LogP contribution in [0.5, 0.6) is 0 Å². The lowest BCUT2D eigenvalue weighted by Gasteiger charge is -2.04. The SMILES string of the molecule is CCn1ccnc1C(=O)c1ccnc(CN)c1. The average molecular weight is 230 g/mol. The lowest BCUT2D eigenvalue weighted by atomic mass is 10.1. The summed E-state index contributed by atoms with van der Waals surface area (Å²) < 4.78 is 1.81. The van der Waals surface area contributed by atoms with E-state index in [1.807, 2.05) is 11.5 Å². The fourth-order valence-electron chi connectivity index (χ4n) is 1.63. The molecule has 0 saturated heterocycles. The summed E-state index contributed by atoms with van der Waals surface area (Å²) in [5, 5.41) is 0. The van der Waals surface area contributed by atoms with Gasteiger partial charge in [-0.2, -0.15) is 0 Å². The molecule has 2 aromatic heterocycles. The van der Waals surface area contributed by atoms with Crippen LogP contribution in [0, 0.1) is 0 Å². The molecule has 2 N–H and O–H groups in total. The van der Waals surface area contributed by atoms with Gasteiger partial charge in [-0.15, -0.1) is 0 Å². The van der Waals surface area contributed by atoms with Crippen LogP contribution in [-0.4, -0.2) is 20.3 Å². The summed E-state index contributed by atoms with van der Waals surface area (Å²) in [5.74, 6) is 0.343. The van der Waals surface area contributed by atoms with E-state index in [0.717, 1.165) is 6.54 Å². The van der Waals surface area contributed by atoms with E-state index < -0.39 is 0 Å². The van der Waals surface area contributed by atoms with Crippen LogP contribution in [0.15, 0.2) is 30.7 Å². The van der Waals surface area contributed by atoms with Crippen LogP contribution in [0.1, 0.15) is 28.8 Å². The van der Waals surface area contributed by atoms with Gasteiger partial charge in [-0.25, -0.2) is 4.98 Å². The van der Waals surface area contributed by atoms with Gasteiger partial charge < -0.3 is 10.3 Å². The van der Waals surface area contributed by atoms with Crippen LogP contribution < -0.4 is 5.73 Å². The third-order valence-corrected chi connectivity index (χ3v) is 2.55. The normalized spacial score (nSPS) is 10.5. The Labute approximate surface area is 99.3 Å². The highest BCUT2D eigenvalue weighted by atomic mass is 16.1. The summed E-state index contributed by atoms with van der Waals surface area (Å²) >= 11 is 0. The second-order valence-corrected chi connectivity index (χ2v) is 3.61. The number of nitrogens with zero attached hydrogens (tertiary/aromatic N) is 3. The third-order valence-electron chi connectivity index (χ3n) is 2.55. The molecular weight excluding hydrogens is 216 g/mol. The first-order chi connectivity index (χ1) is 8.26. The number of rotatable bonds is 4. The lowest BCUT2D eigenvalue weighted by molar-refractivity contribution is 0.102. The van der Waals surface area contributed by atoms with Crippen LogP contribution >= 0.6 is 0 Å². The fourth-order valence-corrected chi connectivity index (χ4v) is 1.63. The molecule has 88 valence electrons. The zero-order valence-corrected chi connectivity index (χ0v) is 9.63. The van der Waals surface area contributed by atoms with E-state index >= 15 is 0 Å². The maximum atomic E-state index is 12.2. The summed E-state index contributed by atoms with van der Waals surface area (Å²) in [5.41, 5.74) is 6.77. The molecule has 5 nitrogen and oxygen atoms in total. The Bertz CT molecular complexity index is 533. The Morgan fingerprint density at radius 3 is 2.94 bits per heavy atom. The lowest BCUT2D eigenvalue weighted by Crippen LogP contribution is -2.11. The van der Waals surface area contributed by atoms with Gasteiger partial charge in [-0.05, 0) is 19.1 Å². The Hall–Kier alpha value is -2.01. The quantitative estimate of drug-likeness (QED) is 0.795. The maximum Gasteiger partial charge on any atom is 0.228 e. The molecule has 0 atom stereocenters. The van der Waals surface area contributed by atoms with Gasteiger partial charge in [0.05, 0.1) is 5.69 Å². The zero-order valence-electron chi connectivity index (χ0n) is 9.63. The summed E-state index contributed by atoms with van der Waals surface area (Å²) in [7, 11) is 0. The molecule has 2 rings (SSSR count). The number of carbonyl (C=O) groups excluding carboxylic acids is 1. The monoisotopic (exact) mass is 230 g/mol. The highest BCUT2D eigenvalue weighted by Crippen LogP contribution is 2.09. The van der Waals surface area contributed by atoms with Crippen LogP contribution in [0.4, 0.5) is 0 Å². The first kappa shape index (κ1) is 11.5. The molecule has 0 spiro atoms. The van der Waals surface area contributed by atoms with Gasteiger partial charge in [0, 0.05) is 37.2 Å². The van der Waals surface area contributed by atoms with Crippen molar-refractivity contribution in [1.82, 2.24) is 14.5 Å². The topological polar surface area (TPSA) is 73.8 Å². The highest BCUT2D eigenvalue weighted by molar-refractivity contribution is 6.06. The first-order valence-electron chi connectivity index (χ1n) is 5.47. The molecule has 0 aliphatic heterocycles. The van der Waals surface area contributed by atoms with Gasteiger partial charge in [-0.1, -0.05) is 0 Å². The predicted octanol–water partition coefficient (Wildman–Crippen LogP) is 0.988. The van der Waals surface area contributed by atoms with Crippen molar-refractivity contribution in [2.45, 2.75) is 20.0 Å². The fraction of sp³-hybridized carbons (Fsp3) is 0.250. The number of aryl methyl sites for hydroxylation is 1. The summed E-state index contributed by atoms with van der Waals surface area (Å²) in [6.07, 6.45) is 5.01. The maximum absolute atomic E-state index is 12.2. The number of imidazole rings is 1. The van der Waals surface area contributed by atoms with Crippen molar-refractivity contribution >= 4 is 5.78 Å². The van der Waals surface area contributed by atoms with Crippen molar-refractivity contribution in [1.29, 1.82) is 0 Å². The standard InChI is InChI=1S/C12H14N4O/c1-2-16-6-5-15-12(16)11(17)9-3-4-14-10(7-9)8-13/h3-7H,2,8,13H2,1H3. The minimum atomic E-state index is -0.103. The number of nitrogens with two attached hydrogens (primary N) is 1. The molecule has 17 heavy (non-hydrogen) atoms. The molecule has 0 aliphatic rings. The highest BCUT2D eigenvalue weighted by Gasteiger charge is 2.14. The van der Waals surface area contributed by atoms with Crippen LogP contribution in [0.25, 0.3) is 0 Å². The Morgan fingerprint density at radius 1 is 1.41 bits per heavy atom. The van der Waals surface area contributed by atoms with Gasteiger partial charge in [0.15, 0.2) is 5.82 Å². The van der Waals surface area contributed by atoms with Gasteiger partial charge in [0.25, 0.3) is 0 Å². The summed E-state index contributed by atoms with van der Waals surface area (Å²) in [6, 6.07) is 3.38. The number of aromatic nitrogens is 3. The van der Waals surface area contributed by atoms with E-state index in [2.05, 4.69) is 9.97 Å². The molecular formula is C12H14N4O. The van der Waals surface area contributed by atoms with Gasteiger partial charge >= 0.3 is 0 Å². The van der Waals surface area contributed by atoms with Crippen molar-refractivity contribution in [3.05, 3.63) is 47.8 Å². The molecule has 0 fully saturated rings. The molecule has 0 aliphatic carbocycles. The van der Waals surface area contributed by atoms with Gasteiger partial charge in [0.1, 0.15) is 0 Å². The molecule has 0 radical (unpaired) electrons. The minimum Gasteiger partial charge on any atom is -0.328 e. The molecule has 0 saturated carbocycles. The molecule has 0 unspecified atom stereocenters. The van der Waals surface area contributed by atoms with Crippen LogP contribution in [-0.2, 0) is 13.1 Å². The number of carbonyl (C=O) groups is 1. The Morgan fingerprint density at radius 2 is 2.24 bits per heavy atom. The summed E-state index contributed by atoms with van der Waals surface area (Å²) in [6.45, 7) is 3.01. The van der Waals surface area contributed by atoms with Crippen molar-refractivity contribution in [2.24, 2.45) is 5.73 Å². The number of hydrogen-bond acceptors (Lipinski definition) is 4. The van der Waals surface area contributed by atoms with Gasteiger partial charge in [0.2, 0.25) is 5.78 Å². The van der Waals surface area contributed by atoms with Crippen LogP contribution in [0.2, 0.25) is 0 Å². The largest absolute Gasteiger partial charge is 0.328 e. The Kier molecular flexibility index (Phi) is 3.30. The number of hydrogen-bond donors (Lipinski definition) is 1. The number of ketones is 1. The van der Waals surface area contributed by atoms with E-state index in [1.54, 1.807) is 30.7 Å². The second-order valence-electron chi connectivity index (χ2n) is 3.61. The van der Waals surface area contributed by atoms with E-state index in [-0.39, 0.29) is 5.78 Å². The number of pyridine rings is 1.